The van der Waals surface area contributed by atoms with Gasteiger partial charge < -0.3 is 4.98 Å². The zero-order chi connectivity index (χ0) is 11.5. The van der Waals surface area contributed by atoms with Crippen molar-refractivity contribution in [2.45, 2.75) is 0 Å². The van der Waals surface area contributed by atoms with Crippen LogP contribution in [-0.4, -0.2) is 4.98 Å². The van der Waals surface area contributed by atoms with Gasteiger partial charge in [-0.25, -0.2) is 0 Å². The highest BCUT2D eigenvalue weighted by atomic mass is 35.5. The Balaban J connectivity index is 2.30. The molecular weight excluding hydrogens is 281 g/mol. The zero-order valence-corrected chi connectivity index (χ0v) is 11.2. The van der Waals surface area contributed by atoms with Gasteiger partial charge in [0.2, 0.25) is 0 Å². The van der Waals surface area contributed by atoms with Crippen LogP contribution in [0.25, 0.3) is 12.2 Å². The molecule has 1 aromatic carbocycles. The molecule has 0 fully saturated rings. The fourth-order valence-corrected chi connectivity index (χ4v) is 2.38. The van der Waals surface area contributed by atoms with E-state index in [2.05, 4.69) is 4.98 Å². The first kappa shape index (κ1) is 11.9. The Morgan fingerprint density at radius 2 is 2.06 bits per heavy atom. The minimum atomic E-state index is 0.557. The highest BCUT2D eigenvalue weighted by Crippen LogP contribution is 2.26. The summed E-state index contributed by atoms with van der Waals surface area (Å²) in [5.41, 5.74) is 1.85. The number of hydrogen-bond donors (Lipinski definition) is 1. The van der Waals surface area contributed by atoms with Crippen LogP contribution in [-0.2, 0) is 0 Å². The van der Waals surface area contributed by atoms with E-state index >= 15 is 0 Å². The highest BCUT2D eigenvalue weighted by Gasteiger charge is 2.00. The first-order valence-electron chi connectivity index (χ1n) is 4.47. The SMILES string of the molecule is S=c1[nH]c(/C=C/c2cccc(Cl)c2Cl)cs1. The van der Waals surface area contributed by atoms with Crippen LogP contribution in [0, 0.1) is 3.95 Å². The number of hydrogen-bond acceptors (Lipinski definition) is 2. The maximum Gasteiger partial charge on any atom is 0.158 e. The molecule has 2 rings (SSSR count). The maximum absolute atomic E-state index is 6.05. The minimum Gasteiger partial charge on any atom is -0.337 e. The molecule has 0 aliphatic carbocycles. The van der Waals surface area contributed by atoms with E-state index < -0.39 is 0 Å². The lowest BCUT2D eigenvalue weighted by Gasteiger charge is -1.99. The molecule has 1 N–H and O–H groups in total. The molecule has 0 unspecified atom stereocenters. The predicted molar refractivity (Wildman–Crippen MR) is 74.9 cm³/mol. The molecule has 0 amide bonds. The van der Waals surface area contributed by atoms with Crippen molar-refractivity contribution < 1.29 is 0 Å². The van der Waals surface area contributed by atoms with E-state index in [9.17, 15) is 0 Å². The van der Waals surface area contributed by atoms with Crippen LogP contribution in [0.1, 0.15) is 11.3 Å². The second kappa shape index (κ2) is 5.15. The van der Waals surface area contributed by atoms with Gasteiger partial charge in [-0.05, 0) is 29.9 Å². The molecule has 0 saturated carbocycles. The van der Waals surface area contributed by atoms with Crippen LogP contribution in [0.3, 0.4) is 0 Å². The summed E-state index contributed by atoms with van der Waals surface area (Å²) in [7, 11) is 0. The standard InChI is InChI=1S/C11H7Cl2NS2/c12-9-3-1-2-7(10(9)13)4-5-8-6-16-11(15)14-8/h1-6H,(H,14,15)/b5-4+. The van der Waals surface area contributed by atoms with Gasteiger partial charge in [0, 0.05) is 11.1 Å². The van der Waals surface area contributed by atoms with Crippen molar-refractivity contribution in [3.8, 4) is 0 Å². The predicted octanol–water partition coefficient (Wildman–Crippen LogP) is 5.28. The van der Waals surface area contributed by atoms with Crippen LogP contribution in [0.15, 0.2) is 23.6 Å². The number of benzene rings is 1. The van der Waals surface area contributed by atoms with Crippen molar-refractivity contribution in [3.63, 3.8) is 0 Å². The highest BCUT2D eigenvalue weighted by molar-refractivity contribution is 7.73. The lowest BCUT2D eigenvalue weighted by molar-refractivity contribution is 1.36. The quantitative estimate of drug-likeness (QED) is 0.743. The zero-order valence-electron chi connectivity index (χ0n) is 8.04. The van der Waals surface area contributed by atoms with E-state index in [1.165, 1.54) is 11.3 Å². The van der Waals surface area contributed by atoms with Gasteiger partial charge in [0.25, 0.3) is 0 Å². The fraction of sp³-hybridized carbons (Fsp3) is 0. The van der Waals surface area contributed by atoms with Crippen molar-refractivity contribution in [2.24, 2.45) is 0 Å². The summed E-state index contributed by atoms with van der Waals surface area (Å²) in [4.78, 5) is 3.05. The van der Waals surface area contributed by atoms with Crippen molar-refractivity contribution in [3.05, 3.63) is 48.8 Å². The first-order valence-corrected chi connectivity index (χ1v) is 6.51. The summed E-state index contributed by atoms with van der Waals surface area (Å²) in [6, 6.07) is 5.54. The number of thiazole rings is 1. The number of rotatable bonds is 2. The normalized spacial score (nSPS) is 11.1. The number of H-pyrrole nitrogens is 1. The lowest BCUT2D eigenvalue weighted by Crippen LogP contribution is -1.76. The second-order valence-corrected chi connectivity index (χ2v) is 5.41. The van der Waals surface area contributed by atoms with Crippen molar-refractivity contribution in [1.29, 1.82) is 0 Å². The summed E-state index contributed by atoms with van der Waals surface area (Å²) in [5.74, 6) is 0. The molecule has 2 aromatic rings. The maximum atomic E-state index is 6.05. The first-order chi connectivity index (χ1) is 7.66. The topological polar surface area (TPSA) is 15.8 Å². The van der Waals surface area contributed by atoms with E-state index in [1.807, 2.05) is 29.7 Å². The van der Waals surface area contributed by atoms with Gasteiger partial charge in [-0.1, -0.05) is 41.4 Å². The fourth-order valence-electron chi connectivity index (χ4n) is 1.20. The van der Waals surface area contributed by atoms with Gasteiger partial charge in [-0.3, -0.25) is 0 Å². The Hall–Kier alpha value is -0.610. The van der Waals surface area contributed by atoms with Crippen molar-refractivity contribution >= 4 is 58.9 Å². The minimum absolute atomic E-state index is 0.557. The molecule has 0 spiro atoms. The van der Waals surface area contributed by atoms with E-state index in [4.69, 9.17) is 35.4 Å². The third-order valence-corrected chi connectivity index (χ3v) is 3.88. The third kappa shape index (κ3) is 2.74. The summed E-state index contributed by atoms with van der Waals surface area (Å²) < 4.78 is 0.761. The van der Waals surface area contributed by atoms with Crippen molar-refractivity contribution in [2.75, 3.05) is 0 Å². The molecule has 1 heterocycles. The molecular formula is C11H7Cl2NS2. The van der Waals surface area contributed by atoms with Crippen LogP contribution in [0.4, 0.5) is 0 Å². The molecule has 16 heavy (non-hydrogen) atoms. The average molecular weight is 288 g/mol. The molecule has 0 atom stereocenters. The van der Waals surface area contributed by atoms with Crippen LogP contribution in [0.2, 0.25) is 10.0 Å². The molecule has 0 radical (unpaired) electrons. The molecule has 1 nitrogen and oxygen atoms in total. The van der Waals surface area contributed by atoms with E-state index in [0.29, 0.717) is 10.0 Å². The number of nitrogens with one attached hydrogen (secondary N) is 1. The van der Waals surface area contributed by atoms with Crippen LogP contribution >= 0.6 is 46.8 Å². The number of halogens is 2. The molecule has 1 aromatic heterocycles. The Kier molecular flexibility index (Phi) is 3.82. The summed E-state index contributed by atoms with van der Waals surface area (Å²) in [5, 5.41) is 3.08. The second-order valence-electron chi connectivity index (χ2n) is 3.08. The number of aromatic nitrogens is 1. The Labute approximate surface area is 112 Å². The summed E-state index contributed by atoms with van der Waals surface area (Å²) >= 11 is 18.5. The van der Waals surface area contributed by atoms with E-state index in [0.717, 1.165) is 15.2 Å². The third-order valence-electron chi connectivity index (χ3n) is 1.96. The lowest BCUT2D eigenvalue weighted by atomic mass is 10.2. The smallest absolute Gasteiger partial charge is 0.158 e. The monoisotopic (exact) mass is 287 g/mol. The number of aromatic amines is 1. The van der Waals surface area contributed by atoms with Gasteiger partial charge in [-0.2, -0.15) is 0 Å². The molecule has 0 aliphatic rings. The molecule has 0 bridgehead atoms. The van der Waals surface area contributed by atoms with Gasteiger partial charge in [-0.15, -0.1) is 11.3 Å². The van der Waals surface area contributed by atoms with Gasteiger partial charge >= 0.3 is 0 Å². The van der Waals surface area contributed by atoms with Gasteiger partial charge in [0.05, 0.1) is 10.0 Å². The summed E-state index contributed by atoms with van der Waals surface area (Å²) in [6.07, 6.45) is 3.82. The molecule has 82 valence electrons. The van der Waals surface area contributed by atoms with Crippen LogP contribution < -0.4 is 0 Å². The Morgan fingerprint density at radius 1 is 1.25 bits per heavy atom. The van der Waals surface area contributed by atoms with E-state index in [1.54, 1.807) is 6.07 Å². The molecule has 5 heteroatoms. The van der Waals surface area contributed by atoms with Crippen LogP contribution in [0.5, 0.6) is 0 Å². The van der Waals surface area contributed by atoms with Gasteiger partial charge in [0.15, 0.2) is 3.95 Å². The Bertz CT molecular complexity index is 584. The Morgan fingerprint density at radius 3 is 2.75 bits per heavy atom. The summed E-state index contributed by atoms with van der Waals surface area (Å²) in [6.45, 7) is 0. The average Bonchev–Trinajstić information content (AvgIpc) is 2.67. The molecule has 0 saturated heterocycles. The van der Waals surface area contributed by atoms with Crippen molar-refractivity contribution in [1.82, 2.24) is 4.98 Å². The van der Waals surface area contributed by atoms with Gasteiger partial charge in [0.1, 0.15) is 0 Å². The van der Waals surface area contributed by atoms with E-state index in [-0.39, 0.29) is 0 Å². The largest absolute Gasteiger partial charge is 0.337 e. The molecule has 0 aliphatic heterocycles.